The van der Waals surface area contributed by atoms with E-state index >= 15 is 0 Å². The van der Waals surface area contributed by atoms with E-state index in [1.165, 1.54) is 0 Å². The molecule has 7 nitrogen and oxygen atoms in total. The molecular formula is C29H26Cl2N4O3. The Morgan fingerprint density at radius 2 is 1.58 bits per heavy atom. The van der Waals surface area contributed by atoms with Crippen LogP contribution in [0, 0.1) is 0 Å². The molecule has 0 radical (unpaired) electrons. The summed E-state index contributed by atoms with van der Waals surface area (Å²) < 4.78 is 0. The van der Waals surface area contributed by atoms with Crippen LogP contribution in [0.5, 0.6) is 0 Å². The van der Waals surface area contributed by atoms with E-state index in [2.05, 4.69) is 15.3 Å². The number of anilines is 2. The highest BCUT2D eigenvalue weighted by Gasteiger charge is 2.22. The third-order valence-corrected chi connectivity index (χ3v) is 6.97. The van der Waals surface area contributed by atoms with Crippen molar-refractivity contribution in [1.82, 2.24) is 15.0 Å². The van der Waals surface area contributed by atoms with Gasteiger partial charge in [-0.15, -0.1) is 0 Å². The van der Waals surface area contributed by atoms with Gasteiger partial charge < -0.3 is 20.5 Å². The van der Waals surface area contributed by atoms with Gasteiger partial charge >= 0.3 is 0 Å². The monoisotopic (exact) mass is 548 g/mol. The van der Waals surface area contributed by atoms with Gasteiger partial charge in [0.1, 0.15) is 11.4 Å². The number of pyridine rings is 3. The molecule has 9 heteroatoms. The second-order valence-electron chi connectivity index (χ2n) is 10.3. The van der Waals surface area contributed by atoms with Crippen LogP contribution in [0.4, 0.5) is 11.5 Å². The summed E-state index contributed by atoms with van der Waals surface area (Å²) in [4.78, 5) is 25.3. The lowest BCUT2D eigenvalue weighted by molar-refractivity contribution is 0.0739. The average molecular weight is 549 g/mol. The summed E-state index contributed by atoms with van der Waals surface area (Å²) >= 11 is 13.1. The Morgan fingerprint density at radius 3 is 2.24 bits per heavy atom. The Bertz CT molecular complexity index is 1750. The van der Waals surface area contributed by atoms with Crippen molar-refractivity contribution in [1.29, 1.82) is 0 Å². The number of hydrogen-bond donors (Lipinski definition) is 4. The standard InChI is InChI=1S/C29H26Cl2N4O3/c1-28(2,37)16-13-19(30)25(20(31)14-16)35-26-17-10-11-32-27(36)24(17)18-12-15(8-9-22(18)34-26)21-6-5-7-23(33-21)29(3,4)38/h5-14,37-38H,1-4H3,(H,32,36)(H,34,35). The third-order valence-electron chi connectivity index (χ3n) is 6.38. The number of fused-ring (bicyclic) bond motifs is 3. The summed E-state index contributed by atoms with van der Waals surface area (Å²) in [6.07, 6.45) is 1.56. The molecule has 0 bridgehead atoms. The maximum absolute atomic E-state index is 13.1. The van der Waals surface area contributed by atoms with Crippen molar-refractivity contribution < 1.29 is 10.2 Å². The Labute approximate surface area is 229 Å². The van der Waals surface area contributed by atoms with Gasteiger partial charge in [0.25, 0.3) is 5.56 Å². The van der Waals surface area contributed by atoms with E-state index < -0.39 is 11.2 Å². The number of benzene rings is 2. The number of nitrogens with zero attached hydrogens (tertiary/aromatic N) is 2. The van der Waals surface area contributed by atoms with Crippen molar-refractivity contribution >= 4 is 56.4 Å². The van der Waals surface area contributed by atoms with Gasteiger partial charge in [-0.3, -0.25) is 4.79 Å². The molecule has 0 fully saturated rings. The van der Waals surface area contributed by atoms with Gasteiger partial charge in [-0.05, 0) is 75.7 Å². The lowest BCUT2D eigenvalue weighted by Crippen LogP contribution is -2.17. The highest BCUT2D eigenvalue weighted by molar-refractivity contribution is 6.39. The molecule has 0 aliphatic rings. The minimum atomic E-state index is -1.12. The number of rotatable bonds is 5. The molecule has 4 N–H and O–H groups in total. The maximum Gasteiger partial charge on any atom is 0.256 e. The van der Waals surface area contributed by atoms with Crippen LogP contribution >= 0.6 is 23.2 Å². The minimum Gasteiger partial charge on any atom is -0.386 e. The normalized spacial score (nSPS) is 12.3. The van der Waals surface area contributed by atoms with Crippen LogP contribution in [0.25, 0.3) is 32.9 Å². The van der Waals surface area contributed by atoms with E-state index in [1.807, 2.05) is 30.3 Å². The molecular weight excluding hydrogens is 523 g/mol. The number of halogens is 2. The van der Waals surface area contributed by atoms with Crippen LogP contribution in [0.15, 0.2) is 65.6 Å². The van der Waals surface area contributed by atoms with E-state index in [9.17, 15) is 15.0 Å². The number of aromatic nitrogens is 3. The molecule has 5 rings (SSSR count). The van der Waals surface area contributed by atoms with Crippen LogP contribution in [0.1, 0.15) is 39.0 Å². The Morgan fingerprint density at radius 1 is 0.868 bits per heavy atom. The zero-order valence-corrected chi connectivity index (χ0v) is 22.7. The molecule has 2 aromatic carbocycles. The van der Waals surface area contributed by atoms with Gasteiger partial charge in [0.05, 0.1) is 43.6 Å². The highest BCUT2D eigenvalue weighted by Crippen LogP contribution is 2.39. The number of nitrogens with one attached hydrogen (secondary N) is 2. The number of aliphatic hydroxyl groups is 2. The van der Waals surface area contributed by atoms with Gasteiger partial charge in [0.2, 0.25) is 0 Å². The van der Waals surface area contributed by atoms with Crippen LogP contribution < -0.4 is 10.9 Å². The first kappa shape index (κ1) is 26.1. The molecule has 0 unspecified atom stereocenters. The summed E-state index contributed by atoms with van der Waals surface area (Å²) in [5, 5.41) is 26.3. The maximum atomic E-state index is 13.1. The SMILES string of the molecule is CC(C)(O)c1cc(Cl)c(Nc2nc3ccc(-c4cccc(C(C)(C)O)n4)cc3c3c(=O)[nH]ccc23)c(Cl)c1. The summed E-state index contributed by atoms with van der Waals surface area (Å²) in [5.74, 6) is 0.410. The topological polar surface area (TPSA) is 111 Å². The minimum absolute atomic E-state index is 0.275. The summed E-state index contributed by atoms with van der Waals surface area (Å²) in [5.41, 5.74) is 1.07. The van der Waals surface area contributed by atoms with Crippen LogP contribution in [0.2, 0.25) is 10.0 Å². The molecule has 0 atom stereocenters. The Kier molecular flexibility index (Phi) is 6.44. The molecule has 0 aliphatic heterocycles. The molecule has 0 saturated carbocycles. The van der Waals surface area contributed by atoms with Crippen molar-refractivity contribution in [3.05, 3.63) is 92.5 Å². The van der Waals surface area contributed by atoms with Gasteiger partial charge in [-0.25, -0.2) is 9.97 Å². The average Bonchev–Trinajstić information content (AvgIpc) is 2.85. The quantitative estimate of drug-likeness (QED) is 0.183. The Hall–Kier alpha value is -3.49. The van der Waals surface area contributed by atoms with Gasteiger partial charge in [-0.2, -0.15) is 0 Å². The molecule has 0 saturated heterocycles. The largest absolute Gasteiger partial charge is 0.386 e. The number of H-pyrrole nitrogens is 1. The van der Waals surface area contributed by atoms with Crippen LogP contribution in [-0.2, 0) is 11.2 Å². The first-order valence-electron chi connectivity index (χ1n) is 12.0. The number of hydrogen-bond acceptors (Lipinski definition) is 6. The Balaban J connectivity index is 1.68. The molecule has 0 amide bonds. The summed E-state index contributed by atoms with van der Waals surface area (Å²) in [6, 6.07) is 16.1. The first-order valence-corrected chi connectivity index (χ1v) is 12.7. The molecule has 194 valence electrons. The highest BCUT2D eigenvalue weighted by atomic mass is 35.5. The van der Waals surface area contributed by atoms with Gasteiger partial charge in [0.15, 0.2) is 0 Å². The fourth-order valence-corrected chi connectivity index (χ4v) is 4.89. The predicted octanol–water partition coefficient (Wildman–Crippen LogP) is 6.64. The van der Waals surface area contributed by atoms with Crippen molar-refractivity contribution in [3.8, 4) is 11.3 Å². The third kappa shape index (κ3) is 4.86. The van der Waals surface area contributed by atoms with Crippen molar-refractivity contribution in [2.24, 2.45) is 0 Å². The van der Waals surface area contributed by atoms with Crippen molar-refractivity contribution in [2.75, 3.05) is 5.32 Å². The summed E-state index contributed by atoms with van der Waals surface area (Å²) in [6.45, 7) is 6.67. The molecule has 38 heavy (non-hydrogen) atoms. The van der Waals surface area contributed by atoms with E-state index in [1.54, 1.807) is 58.2 Å². The van der Waals surface area contributed by atoms with E-state index in [0.717, 1.165) is 5.56 Å². The first-order chi connectivity index (χ1) is 17.8. The molecule has 5 aromatic rings. The van der Waals surface area contributed by atoms with E-state index in [-0.39, 0.29) is 5.56 Å². The number of aromatic amines is 1. The van der Waals surface area contributed by atoms with E-state index in [0.29, 0.717) is 60.2 Å². The molecule has 3 heterocycles. The van der Waals surface area contributed by atoms with Crippen molar-refractivity contribution in [3.63, 3.8) is 0 Å². The molecule has 0 aliphatic carbocycles. The zero-order chi connectivity index (χ0) is 27.4. The second-order valence-corrected chi connectivity index (χ2v) is 11.1. The molecule has 0 spiro atoms. The van der Waals surface area contributed by atoms with Crippen LogP contribution in [0.3, 0.4) is 0 Å². The fraction of sp³-hybridized carbons (Fsp3) is 0.207. The van der Waals surface area contributed by atoms with Gasteiger partial charge in [0, 0.05) is 22.5 Å². The van der Waals surface area contributed by atoms with E-state index in [4.69, 9.17) is 28.2 Å². The van der Waals surface area contributed by atoms with Crippen molar-refractivity contribution in [2.45, 2.75) is 38.9 Å². The lowest BCUT2D eigenvalue weighted by Gasteiger charge is -2.20. The van der Waals surface area contributed by atoms with Gasteiger partial charge in [-0.1, -0.05) is 35.3 Å². The fourth-order valence-electron chi connectivity index (χ4n) is 4.31. The smallest absolute Gasteiger partial charge is 0.256 e. The second kappa shape index (κ2) is 9.36. The predicted molar refractivity (Wildman–Crippen MR) is 153 cm³/mol. The zero-order valence-electron chi connectivity index (χ0n) is 21.2. The lowest BCUT2D eigenvalue weighted by atomic mass is 9.98. The molecule has 3 aromatic heterocycles. The summed E-state index contributed by atoms with van der Waals surface area (Å²) in [7, 11) is 0. The van der Waals surface area contributed by atoms with Crippen LogP contribution in [-0.4, -0.2) is 25.2 Å².